The van der Waals surface area contributed by atoms with Gasteiger partial charge in [-0.3, -0.25) is 4.79 Å². The number of aromatic nitrogens is 2. The summed E-state index contributed by atoms with van der Waals surface area (Å²) in [6, 6.07) is 1.97. The molecule has 3 rings (SSSR count). The maximum Gasteiger partial charge on any atom is 0.225 e. The highest BCUT2D eigenvalue weighted by Gasteiger charge is 2.28. The molecule has 0 aromatic carbocycles. The largest absolute Gasteiger partial charge is 0.376 e. The van der Waals surface area contributed by atoms with Gasteiger partial charge in [0.25, 0.3) is 0 Å². The number of nitrogens with one attached hydrogen (secondary N) is 1. The van der Waals surface area contributed by atoms with E-state index in [2.05, 4.69) is 20.2 Å². The number of ether oxygens (including phenoxy) is 1. The lowest BCUT2D eigenvalue weighted by atomic mass is 9.97. The summed E-state index contributed by atoms with van der Waals surface area (Å²) in [7, 11) is 0. The summed E-state index contributed by atoms with van der Waals surface area (Å²) in [5, 5.41) is 3.06. The SMILES string of the molecule is Cc1cc(C)nc(N2CCCC(C(=O)NCC3CCCO3)C2)n1. The number of carbonyl (C=O) groups is 1. The van der Waals surface area contributed by atoms with Gasteiger partial charge in [0, 0.05) is 37.6 Å². The smallest absolute Gasteiger partial charge is 0.225 e. The van der Waals surface area contributed by atoms with E-state index in [9.17, 15) is 4.79 Å². The molecule has 1 N–H and O–H groups in total. The van der Waals surface area contributed by atoms with Gasteiger partial charge >= 0.3 is 0 Å². The molecule has 0 aliphatic carbocycles. The second-order valence-electron chi connectivity index (χ2n) is 6.62. The lowest BCUT2D eigenvalue weighted by Gasteiger charge is -2.32. The summed E-state index contributed by atoms with van der Waals surface area (Å²) in [6.07, 6.45) is 4.27. The van der Waals surface area contributed by atoms with E-state index < -0.39 is 0 Å². The second-order valence-corrected chi connectivity index (χ2v) is 6.62. The van der Waals surface area contributed by atoms with Crippen LogP contribution in [0.4, 0.5) is 5.95 Å². The Morgan fingerprint density at radius 1 is 1.30 bits per heavy atom. The Morgan fingerprint density at radius 2 is 2.09 bits per heavy atom. The minimum Gasteiger partial charge on any atom is -0.376 e. The molecule has 0 radical (unpaired) electrons. The standard InChI is InChI=1S/C17H26N4O2/c1-12-9-13(2)20-17(19-12)21-7-3-5-14(11-21)16(22)18-10-15-6-4-8-23-15/h9,14-15H,3-8,10-11H2,1-2H3,(H,18,22). The van der Waals surface area contributed by atoms with E-state index in [1.165, 1.54) is 0 Å². The normalized spacial score (nSPS) is 24.7. The van der Waals surface area contributed by atoms with Crippen molar-refractivity contribution in [1.82, 2.24) is 15.3 Å². The highest BCUT2D eigenvalue weighted by atomic mass is 16.5. The van der Waals surface area contributed by atoms with Crippen LogP contribution in [0.25, 0.3) is 0 Å². The maximum atomic E-state index is 12.4. The molecule has 6 heteroatoms. The number of anilines is 1. The number of piperidine rings is 1. The minimum atomic E-state index is 0.00886. The molecule has 2 fully saturated rings. The lowest BCUT2D eigenvalue weighted by Crippen LogP contribution is -2.45. The molecule has 2 atom stereocenters. The molecule has 0 spiro atoms. The highest BCUT2D eigenvalue weighted by molar-refractivity contribution is 5.79. The zero-order valence-electron chi connectivity index (χ0n) is 14.0. The zero-order chi connectivity index (χ0) is 16.2. The molecule has 3 heterocycles. The first-order chi connectivity index (χ1) is 11.1. The molecule has 23 heavy (non-hydrogen) atoms. The number of carbonyl (C=O) groups excluding carboxylic acids is 1. The predicted molar refractivity (Wildman–Crippen MR) is 88.4 cm³/mol. The van der Waals surface area contributed by atoms with Crippen LogP contribution < -0.4 is 10.2 Å². The Morgan fingerprint density at radius 3 is 2.78 bits per heavy atom. The van der Waals surface area contributed by atoms with Crippen molar-refractivity contribution in [2.24, 2.45) is 5.92 Å². The van der Waals surface area contributed by atoms with Gasteiger partial charge in [0.1, 0.15) is 0 Å². The average Bonchev–Trinajstić information content (AvgIpc) is 3.05. The number of nitrogens with zero attached hydrogens (tertiary/aromatic N) is 3. The summed E-state index contributed by atoms with van der Waals surface area (Å²) in [5.41, 5.74) is 1.94. The molecule has 126 valence electrons. The Kier molecular flexibility index (Phi) is 5.10. The van der Waals surface area contributed by atoms with Crippen LogP contribution in [0.3, 0.4) is 0 Å². The van der Waals surface area contributed by atoms with Crippen LogP contribution in [0.1, 0.15) is 37.1 Å². The van der Waals surface area contributed by atoms with Gasteiger partial charge in [-0.05, 0) is 45.6 Å². The van der Waals surface area contributed by atoms with Crippen LogP contribution in [0, 0.1) is 19.8 Å². The number of amides is 1. The molecule has 1 amide bonds. The average molecular weight is 318 g/mol. The maximum absolute atomic E-state index is 12.4. The van der Waals surface area contributed by atoms with Gasteiger partial charge in [-0.15, -0.1) is 0 Å². The molecule has 2 unspecified atom stereocenters. The van der Waals surface area contributed by atoms with Crippen LogP contribution in [-0.2, 0) is 9.53 Å². The van der Waals surface area contributed by atoms with Crippen LogP contribution >= 0.6 is 0 Å². The Labute approximate surface area is 137 Å². The summed E-state index contributed by atoms with van der Waals surface area (Å²) in [6.45, 7) is 7.03. The van der Waals surface area contributed by atoms with Crippen molar-refractivity contribution >= 4 is 11.9 Å². The van der Waals surface area contributed by atoms with Gasteiger partial charge in [-0.1, -0.05) is 0 Å². The van der Waals surface area contributed by atoms with Gasteiger partial charge < -0.3 is 15.0 Å². The van der Waals surface area contributed by atoms with E-state index in [-0.39, 0.29) is 17.9 Å². The van der Waals surface area contributed by atoms with Crippen LogP contribution in [0.5, 0.6) is 0 Å². The fraction of sp³-hybridized carbons (Fsp3) is 0.706. The minimum absolute atomic E-state index is 0.00886. The molecule has 2 aliphatic rings. The van der Waals surface area contributed by atoms with Crippen molar-refractivity contribution in [3.63, 3.8) is 0 Å². The molecule has 1 aromatic heterocycles. The summed E-state index contributed by atoms with van der Waals surface area (Å²) in [4.78, 5) is 23.6. The van der Waals surface area contributed by atoms with Gasteiger partial charge in [-0.2, -0.15) is 0 Å². The molecular formula is C17H26N4O2. The van der Waals surface area contributed by atoms with Crippen LogP contribution in [-0.4, -0.2) is 48.2 Å². The van der Waals surface area contributed by atoms with E-state index in [1.807, 2.05) is 19.9 Å². The molecular weight excluding hydrogens is 292 g/mol. The van der Waals surface area contributed by atoms with Crippen LogP contribution in [0.15, 0.2) is 6.07 Å². The first kappa shape index (κ1) is 16.2. The molecule has 0 saturated carbocycles. The summed E-state index contributed by atoms with van der Waals surface area (Å²) in [5.74, 6) is 0.892. The van der Waals surface area contributed by atoms with E-state index in [0.29, 0.717) is 13.1 Å². The second kappa shape index (κ2) is 7.25. The van der Waals surface area contributed by atoms with E-state index in [4.69, 9.17) is 4.74 Å². The summed E-state index contributed by atoms with van der Waals surface area (Å²) >= 11 is 0. The molecule has 0 bridgehead atoms. The Hall–Kier alpha value is -1.69. The number of aryl methyl sites for hydroxylation is 2. The third kappa shape index (κ3) is 4.19. The van der Waals surface area contributed by atoms with Gasteiger partial charge in [0.2, 0.25) is 11.9 Å². The van der Waals surface area contributed by atoms with Gasteiger partial charge in [0.05, 0.1) is 12.0 Å². The fourth-order valence-electron chi connectivity index (χ4n) is 3.39. The van der Waals surface area contributed by atoms with Crippen molar-refractivity contribution in [2.45, 2.75) is 45.6 Å². The van der Waals surface area contributed by atoms with Gasteiger partial charge in [-0.25, -0.2) is 9.97 Å². The molecule has 2 saturated heterocycles. The number of rotatable bonds is 4. The van der Waals surface area contributed by atoms with E-state index >= 15 is 0 Å². The zero-order valence-corrected chi connectivity index (χ0v) is 14.0. The predicted octanol–water partition coefficient (Wildman–Crippen LogP) is 1.61. The van der Waals surface area contributed by atoms with Crippen molar-refractivity contribution in [2.75, 3.05) is 31.1 Å². The van der Waals surface area contributed by atoms with Crippen LogP contribution in [0.2, 0.25) is 0 Å². The monoisotopic (exact) mass is 318 g/mol. The van der Waals surface area contributed by atoms with Crippen molar-refractivity contribution in [3.05, 3.63) is 17.5 Å². The fourth-order valence-corrected chi connectivity index (χ4v) is 3.39. The first-order valence-electron chi connectivity index (χ1n) is 8.58. The quantitative estimate of drug-likeness (QED) is 0.913. The van der Waals surface area contributed by atoms with Crippen molar-refractivity contribution in [3.8, 4) is 0 Å². The Balaban J connectivity index is 1.57. The van der Waals surface area contributed by atoms with Crippen molar-refractivity contribution < 1.29 is 9.53 Å². The number of hydrogen-bond donors (Lipinski definition) is 1. The lowest BCUT2D eigenvalue weighted by molar-refractivity contribution is -0.125. The highest BCUT2D eigenvalue weighted by Crippen LogP contribution is 2.21. The summed E-state index contributed by atoms with van der Waals surface area (Å²) < 4.78 is 5.56. The Bertz CT molecular complexity index is 537. The first-order valence-corrected chi connectivity index (χ1v) is 8.58. The van der Waals surface area contributed by atoms with E-state index in [1.54, 1.807) is 0 Å². The van der Waals surface area contributed by atoms with E-state index in [0.717, 1.165) is 56.2 Å². The number of hydrogen-bond acceptors (Lipinski definition) is 5. The van der Waals surface area contributed by atoms with Gasteiger partial charge in [0.15, 0.2) is 0 Å². The topological polar surface area (TPSA) is 67.4 Å². The van der Waals surface area contributed by atoms with Crippen molar-refractivity contribution in [1.29, 1.82) is 0 Å². The third-order valence-corrected chi connectivity index (χ3v) is 4.57. The third-order valence-electron chi connectivity index (χ3n) is 4.57. The molecule has 2 aliphatic heterocycles. The molecule has 1 aromatic rings. The molecule has 6 nitrogen and oxygen atoms in total.